The summed E-state index contributed by atoms with van der Waals surface area (Å²) >= 11 is 0. The zero-order chi connectivity index (χ0) is 10.6. The van der Waals surface area contributed by atoms with Crippen molar-refractivity contribution in [3.63, 3.8) is 0 Å². The van der Waals surface area contributed by atoms with Gasteiger partial charge in [0.15, 0.2) is 0 Å². The van der Waals surface area contributed by atoms with Crippen molar-refractivity contribution < 1.29 is 19.8 Å². The number of carboxylic acids is 2. The van der Waals surface area contributed by atoms with Gasteiger partial charge in [-0.15, -0.1) is 0 Å². The van der Waals surface area contributed by atoms with Crippen molar-refractivity contribution in [1.29, 1.82) is 0 Å². The molecule has 1 rings (SSSR count). The molecule has 1 saturated heterocycles. The first kappa shape index (κ1) is 11.0. The number of aliphatic carboxylic acids is 2. The quantitative estimate of drug-likeness (QED) is 0.673. The van der Waals surface area contributed by atoms with Gasteiger partial charge in [-0.25, -0.2) is 0 Å². The number of hydrogen-bond acceptors (Lipinski definition) is 3. The molecule has 0 unspecified atom stereocenters. The third-order valence-electron chi connectivity index (χ3n) is 2.50. The van der Waals surface area contributed by atoms with Crippen LogP contribution in [0, 0.1) is 0 Å². The van der Waals surface area contributed by atoms with Crippen LogP contribution < -0.4 is 0 Å². The highest BCUT2D eigenvalue weighted by atomic mass is 16.4. The number of hydrogen-bond donors (Lipinski definition) is 2. The lowest BCUT2D eigenvalue weighted by Gasteiger charge is -2.22. The minimum Gasteiger partial charge on any atom is -0.481 e. The van der Waals surface area contributed by atoms with Crippen LogP contribution in [-0.2, 0) is 9.59 Å². The van der Waals surface area contributed by atoms with E-state index in [1.165, 1.54) is 0 Å². The van der Waals surface area contributed by atoms with Crippen LogP contribution in [-0.4, -0.2) is 46.2 Å². The Morgan fingerprint density at radius 2 is 1.79 bits per heavy atom. The Balaban J connectivity index is 2.45. The number of carbonyl (C=O) groups is 2. The Morgan fingerprint density at radius 1 is 1.21 bits per heavy atom. The molecular weight excluding hydrogens is 186 g/mol. The molecule has 5 nitrogen and oxygen atoms in total. The molecule has 0 aromatic carbocycles. The third kappa shape index (κ3) is 2.99. The van der Waals surface area contributed by atoms with Gasteiger partial charge in [0.1, 0.15) is 6.04 Å². The summed E-state index contributed by atoms with van der Waals surface area (Å²) < 4.78 is 0. The van der Waals surface area contributed by atoms with Gasteiger partial charge in [-0.2, -0.15) is 0 Å². The molecule has 1 aliphatic heterocycles. The van der Waals surface area contributed by atoms with Crippen LogP contribution in [0.15, 0.2) is 0 Å². The minimum absolute atomic E-state index is 0.0759. The second-order valence-electron chi connectivity index (χ2n) is 3.53. The van der Waals surface area contributed by atoms with Crippen LogP contribution in [0.25, 0.3) is 0 Å². The lowest BCUT2D eigenvalue weighted by Crippen LogP contribution is -2.39. The summed E-state index contributed by atoms with van der Waals surface area (Å²) in [4.78, 5) is 23.0. The zero-order valence-corrected chi connectivity index (χ0v) is 7.98. The second kappa shape index (κ2) is 4.95. The van der Waals surface area contributed by atoms with Gasteiger partial charge >= 0.3 is 11.9 Å². The fourth-order valence-corrected chi connectivity index (χ4v) is 1.78. The maximum Gasteiger partial charge on any atom is 0.320 e. The van der Waals surface area contributed by atoms with Crippen molar-refractivity contribution in [1.82, 2.24) is 4.90 Å². The summed E-state index contributed by atoms with van der Waals surface area (Å²) in [6.07, 6.45) is 2.14. The van der Waals surface area contributed by atoms with E-state index in [4.69, 9.17) is 10.2 Å². The van der Waals surface area contributed by atoms with Gasteiger partial charge in [-0.3, -0.25) is 14.5 Å². The van der Waals surface area contributed by atoms with Gasteiger partial charge in [0.05, 0.1) is 0 Å². The Hall–Kier alpha value is -1.10. The van der Waals surface area contributed by atoms with Crippen molar-refractivity contribution >= 4 is 11.9 Å². The first-order valence-electron chi connectivity index (χ1n) is 4.80. The average molecular weight is 201 g/mol. The largest absolute Gasteiger partial charge is 0.481 e. The number of carboxylic acid groups (broad SMARTS) is 2. The summed E-state index contributed by atoms with van der Waals surface area (Å²) in [5.41, 5.74) is 0. The molecule has 0 radical (unpaired) electrons. The normalized spacial score (nSPS) is 19.4. The highest BCUT2D eigenvalue weighted by molar-refractivity contribution is 5.75. The molecule has 1 atom stereocenters. The van der Waals surface area contributed by atoms with E-state index in [1.807, 2.05) is 4.90 Å². The van der Waals surface area contributed by atoms with Crippen molar-refractivity contribution in [3.05, 3.63) is 0 Å². The van der Waals surface area contributed by atoms with E-state index in [0.717, 1.165) is 25.9 Å². The Morgan fingerprint density at radius 3 is 2.21 bits per heavy atom. The van der Waals surface area contributed by atoms with Crippen LogP contribution >= 0.6 is 0 Å². The van der Waals surface area contributed by atoms with Gasteiger partial charge in [-0.05, 0) is 32.4 Å². The molecule has 5 heteroatoms. The van der Waals surface area contributed by atoms with E-state index >= 15 is 0 Å². The molecule has 80 valence electrons. The van der Waals surface area contributed by atoms with E-state index in [1.54, 1.807) is 0 Å². The standard InChI is InChI=1S/C9H15NO4/c11-8(12)4-3-7(9(13)14)10-5-1-2-6-10/h7H,1-6H2,(H,11,12)(H,13,14)/t7-/m0/s1. The predicted octanol–water partition coefficient (Wildman–Crippen LogP) is 0.400. The fourth-order valence-electron chi connectivity index (χ4n) is 1.78. The Labute approximate surface area is 82.3 Å². The molecule has 0 bridgehead atoms. The number of rotatable bonds is 5. The van der Waals surface area contributed by atoms with Crippen LogP contribution in [0.5, 0.6) is 0 Å². The second-order valence-corrected chi connectivity index (χ2v) is 3.53. The van der Waals surface area contributed by atoms with Crippen molar-refractivity contribution in [3.8, 4) is 0 Å². The molecule has 0 aromatic heterocycles. The van der Waals surface area contributed by atoms with Crippen molar-refractivity contribution in [2.24, 2.45) is 0 Å². The minimum atomic E-state index is -0.935. The highest BCUT2D eigenvalue weighted by Gasteiger charge is 2.27. The first-order chi connectivity index (χ1) is 6.61. The number of nitrogens with zero attached hydrogens (tertiary/aromatic N) is 1. The molecule has 14 heavy (non-hydrogen) atoms. The summed E-state index contributed by atoms with van der Waals surface area (Å²) in [5, 5.41) is 17.4. The lowest BCUT2D eigenvalue weighted by atomic mass is 10.1. The molecule has 1 heterocycles. The molecule has 0 amide bonds. The van der Waals surface area contributed by atoms with Gasteiger partial charge < -0.3 is 10.2 Å². The van der Waals surface area contributed by atoms with Crippen LogP contribution in [0.4, 0.5) is 0 Å². The molecule has 0 aliphatic carbocycles. The maximum absolute atomic E-state index is 10.9. The van der Waals surface area contributed by atoms with E-state index in [-0.39, 0.29) is 12.8 Å². The summed E-state index contributed by atoms with van der Waals surface area (Å²) in [5.74, 6) is -1.84. The molecule has 0 saturated carbocycles. The summed E-state index contributed by atoms with van der Waals surface area (Å²) in [6, 6.07) is -0.617. The van der Waals surface area contributed by atoms with Gasteiger partial charge in [0, 0.05) is 6.42 Å². The molecule has 0 aromatic rings. The van der Waals surface area contributed by atoms with Gasteiger partial charge in [0.2, 0.25) is 0 Å². The van der Waals surface area contributed by atoms with Gasteiger partial charge in [0.25, 0.3) is 0 Å². The topological polar surface area (TPSA) is 77.8 Å². The smallest absolute Gasteiger partial charge is 0.320 e. The van der Waals surface area contributed by atoms with E-state index in [9.17, 15) is 9.59 Å². The first-order valence-corrected chi connectivity index (χ1v) is 4.80. The SMILES string of the molecule is O=C(O)CC[C@@H](C(=O)O)N1CCCC1. The Bertz CT molecular complexity index is 223. The molecule has 1 fully saturated rings. The maximum atomic E-state index is 10.9. The molecule has 2 N–H and O–H groups in total. The zero-order valence-electron chi connectivity index (χ0n) is 7.98. The van der Waals surface area contributed by atoms with Crippen molar-refractivity contribution in [2.45, 2.75) is 31.7 Å². The van der Waals surface area contributed by atoms with Crippen LogP contribution in [0.2, 0.25) is 0 Å². The fraction of sp³-hybridized carbons (Fsp3) is 0.778. The van der Waals surface area contributed by atoms with Crippen molar-refractivity contribution in [2.75, 3.05) is 13.1 Å². The summed E-state index contributed by atoms with van der Waals surface area (Å²) in [6.45, 7) is 1.55. The average Bonchev–Trinajstić information content (AvgIpc) is 2.56. The monoisotopic (exact) mass is 201 g/mol. The van der Waals surface area contributed by atoms with E-state index < -0.39 is 18.0 Å². The number of likely N-dealkylation sites (tertiary alicyclic amines) is 1. The molecule has 1 aliphatic rings. The van der Waals surface area contributed by atoms with Crippen LogP contribution in [0.3, 0.4) is 0 Å². The van der Waals surface area contributed by atoms with Crippen LogP contribution in [0.1, 0.15) is 25.7 Å². The Kier molecular flexibility index (Phi) is 3.88. The predicted molar refractivity (Wildman–Crippen MR) is 49.1 cm³/mol. The lowest BCUT2D eigenvalue weighted by molar-refractivity contribution is -0.144. The van der Waals surface area contributed by atoms with Gasteiger partial charge in [-0.1, -0.05) is 0 Å². The van der Waals surface area contributed by atoms with E-state index in [2.05, 4.69) is 0 Å². The molecular formula is C9H15NO4. The third-order valence-corrected chi connectivity index (χ3v) is 2.50. The highest BCUT2D eigenvalue weighted by Crippen LogP contribution is 2.15. The summed E-state index contributed by atoms with van der Waals surface area (Å²) in [7, 11) is 0. The molecule has 0 spiro atoms. The van der Waals surface area contributed by atoms with E-state index in [0.29, 0.717) is 0 Å².